The number of likely N-dealkylation sites (N-methyl/N-ethyl adjacent to an activating group) is 2. The third kappa shape index (κ3) is 2.85. The molecule has 2 fully saturated rings. The normalized spacial score (nSPS) is 33.7. The second kappa shape index (κ2) is 5.27. The van der Waals surface area contributed by atoms with Gasteiger partial charge in [-0.25, -0.2) is 0 Å². The topological polar surface area (TPSA) is 15.3 Å². The van der Waals surface area contributed by atoms with Gasteiger partial charge in [0.2, 0.25) is 0 Å². The molecule has 0 amide bonds. The van der Waals surface area contributed by atoms with Crippen molar-refractivity contribution in [3.05, 3.63) is 0 Å². The Morgan fingerprint density at radius 2 is 1.88 bits per heavy atom. The average molecular weight is 238 g/mol. The molecule has 2 nitrogen and oxygen atoms in total. The second-order valence-electron chi connectivity index (χ2n) is 6.95. The lowest BCUT2D eigenvalue weighted by Crippen LogP contribution is -2.57. The molecule has 2 aliphatic rings. The van der Waals surface area contributed by atoms with Gasteiger partial charge in [-0.1, -0.05) is 26.7 Å². The Morgan fingerprint density at radius 1 is 1.18 bits per heavy atom. The quantitative estimate of drug-likeness (QED) is 0.810. The Labute approximate surface area is 107 Å². The van der Waals surface area contributed by atoms with Crippen molar-refractivity contribution in [1.29, 1.82) is 0 Å². The lowest BCUT2D eigenvalue weighted by molar-refractivity contribution is 0.0501. The van der Waals surface area contributed by atoms with Crippen LogP contribution < -0.4 is 5.32 Å². The highest BCUT2D eigenvalue weighted by Crippen LogP contribution is 2.38. The van der Waals surface area contributed by atoms with Gasteiger partial charge in [0.1, 0.15) is 0 Å². The van der Waals surface area contributed by atoms with Gasteiger partial charge in [0, 0.05) is 18.6 Å². The summed E-state index contributed by atoms with van der Waals surface area (Å²) in [5.74, 6) is 0.988. The molecule has 2 atom stereocenters. The summed E-state index contributed by atoms with van der Waals surface area (Å²) in [5.41, 5.74) is 0.450. The Bertz CT molecular complexity index is 245. The van der Waals surface area contributed by atoms with Gasteiger partial charge in [0.15, 0.2) is 0 Å². The molecule has 1 N–H and O–H groups in total. The van der Waals surface area contributed by atoms with E-state index in [2.05, 4.69) is 38.2 Å². The minimum atomic E-state index is 0.450. The molecular formula is C15H30N2. The van der Waals surface area contributed by atoms with E-state index in [0.717, 1.165) is 12.0 Å². The van der Waals surface area contributed by atoms with Crippen molar-refractivity contribution in [3.63, 3.8) is 0 Å². The molecule has 100 valence electrons. The van der Waals surface area contributed by atoms with Gasteiger partial charge in [-0.05, 0) is 51.1 Å². The maximum atomic E-state index is 3.59. The van der Waals surface area contributed by atoms with Gasteiger partial charge < -0.3 is 10.2 Å². The van der Waals surface area contributed by atoms with Crippen LogP contribution in [0.25, 0.3) is 0 Å². The van der Waals surface area contributed by atoms with Crippen LogP contribution in [0.15, 0.2) is 0 Å². The highest BCUT2D eigenvalue weighted by atomic mass is 15.2. The highest BCUT2D eigenvalue weighted by molar-refractivity contribution is 4.97. The van der Waals surface area contributed by atoms with Crippen LogP contribution in [0.5, 0.6) is 0 Å². The van der Waals surface area contributed by atoms with Crippen molar-refractivity contribution in [2.24, 2.45) is 11.3 Å². The third-order valence-corrected chi connectivity index (χ3v) is 5.20. The van der Waals surface area contributed by atoms with E-state index in [1.54, 1.807) is 0 Å². The average Bonchev–Trinajstić information content (AvgIpc) is 2.21. The summed E-state index contributed by atoms with van der Waals surface area (Å²) < 4.78 is 0. The fourth-order valence-electron chi connectivity index (χ4n) is 3.89. The molecule has 0 aromatic rings. The smallest absolute Gasteiger partial charge is 0.0271 e. The summed E-state index contributed by atoms with van der Waals surface area (Å²) in [6, 6.07) is 1.39. The van der Waals surface area contributed by atoms with Crippen LogP contribution in [0, 0.1) is 11.3 Å². The van der Waals surface area contributed by atoms with Crippen molar-refractivity contribution in [3.8, 4) is 0 Å². The summed E-state index contributed by atoms with van der Waals surface area (Å²) in [6.07, 6.45) is 8.52. The molecule has 0 bridgehead atoms. The van der Waals surface area contributed by atoms with Crippen LogP contribution in [0.4, 0.5) is 0 Å². The summed E-state index contributed by atoms with van der Waals surface area (Å²) in [5, 5.41) is 3.59. The SMILES string of the molecule is CNC1C(N(C)CC2CCC2)CCCC1(C)C. The van der Waals surface area contributed by atoms with Crippen molar-refractivity contribution in [2.45, 2.75) is 64.5 Å². The molecular weight excluding hydrogens is 208 g/mol. The summed E-state index contributed by atoms with van der Waals surface area (Å²) in [7, 11) is 4.48. The monoisotopic (exact) mass is 238 g/mol. The van der Waals surface area contributed by atoms with Crippen molar-refractivity contribution in [2.75, 3.05) is 20.6 Å². The molecule has 2 heteroatoms. The van der Waals surface area contributed by atoms with E-state index >= 15 is 0 Å². The number of nitrogens with zero attached hydrogens (tertiary/aromatic N) is 1. The number of rotatable bonds is 4. The first-order valence-electron chi connectivity index (χ1n) is 7.42. The summed E-state index contributed by atoms with van der Waals surface area (Å²) in [4.78, 5) is 2.64. The van der Waals surface area contributed by atoms with Crippen LogP contribution in [0.1, 0.15) is 52.4 Å². The first kappa shape index (κ1) is 13.4. The van der Waals surface area contributed by atoms with Gasteiger partial charge in [-0.3, -0.25) is 0 Å². The number of hydrogen-bond acceptors (Lipinski definition) is 2. The van der Waals surface area contributed by atoms with E-state index in [-0.39, 0.29) is 0 Å². The molecule has 2 rings (SSSR count). The van der Waals surface area contributed by atoms with Crippen LogP contribution in [0.3, 0.4) is 0 Å². The predicted molar refractivity (Wildman–Crippen MR) is 74.2 cm³/mol. The molecule has 0 aliphatic heterocycles. The minimum Gasteiger partial charge on any atom is -0.315 e. The van der Waals surface area contributed by atoms with Crippen molar-refractivity contribution >= 4 is 0 Å². The largest absolute Gasteiger partial charge is 0.315 e. The first-order valence-corrected chi connectivity index (χ1v) is 7.42. The van der Waals surface area contributed by atoms with Crippen molar-refractivity contribution < 1.29 is 0 Å². The molecule has 17 heavy (non-hydrogen) atoms. The molecule has 0 heterocycles. The van der Waals surface area contributed by atoms with E-state index in [1.165, 1.54) is 45.1 Å². The Kier molecular flexibility index (Phi) is 4.14. The van der Waals surface area contributed by atoms with Gasteiger partial charge in [-0.15, -0.1) is 0 Å². The van der Waals surface area contributed by atoms with E-state index in [4.69, 9.17) is 0 Å². The Hall–Kier alpha value is -0.0800. The molecule has 0 aromatic heterocycles. The third-order valence-electron chi connectivity index (χ3n) is 5.20. The van der Waals surface area contributed by atoms with Gasteiger partial charge in [-0.2, -0.15) is 0 Å². The molecule has 0 radical (unpaired) electrons. The summed E-state index contributed by atoms with van der Waals surface area (Å²) >= 11 is 0. The van der Waals surface area contributed by atoms with E-state index < -0.39 is 0 Å². The van der Waals surface area contributed by atoms with Crippen LogP contribution >= 0.6 is 0 Å². The van der Waals surface area contributed by atoms with Crippen LogP contribution in [0.2, 0.25) is 0 Å². The van der Waals surface area contributed by atoms with Crippen LogP contribution in [-0.4, -0.2) is 37.6 Å². The molecule has 2 unspecified atom stereocenters. The van der Waals surface area contributed by atoms with Gasteiger partial charge in [0.05, 0.1) is 0 Å². The summed E-state index contributed by atoms with van der Waals surface area (Å²) in [6.45, 7) is 6.17. The maximum absolute atomic E-state index is 3.59. The molecule has 2 aliphatic carbocycles. The molecule has 0 saturated heterocycles. The standard InChI is InChI=1S/C15H30N2/c1-15(2)10-6-9-13(14(15)16-3)17(4)11-12-7-5-8-12/h12-14,16H,5-11H2,1-4H3. The zero-order valence-electron chi connectivity index (χ0n) is 12.1. The first-order chi connectivity index (χ1) is 8.04. The zero-order valence-corrected chi connectivity index (χ0v) is 12.1. The zero-order chi connectivity index (χ0) is 12.5. The highest BCUT2D eigenvalue weighted by Gasteiger charge is 2.40. The maximum Gasteiger partial charge on any atom is 0.0271 e. The molecule has 0 spiro atoms. The molecule has 0 aromatic carbocycles. The lowest BCUT2D eigenvalue weighted by Gasteiger charge is -2.48. The number of nitrogens with one attached hydrogen (secondary N) is 1. The second-order valence-corrected chi connectivity index (χ2v) is 6.95. The molecule has 2 saturated carbocycles. The Balaban J connectivity index is 1.96. The minimum absolute atomic E-state index is 0.450. The fraction of sp³-hybridized carbons (Fsp3) is 1.00. The lowest BCUT2D eigenvalue weighted by atomic mass is 9.70. The van der Waals surface area contributed by atoms with Gasteiger partial charge in [0.25, 0.3) is 0 Å². The predicted octanol–water partition coefficient (Wildman–Crippen LogP) is 2.89. The van der Waals surface area contributed by atoms with Crippen molar-refractivity contribution in [1.82, 2.24) is 10.2 Å². The Morgan fingerprint density at radius 3 is 2.41 bits per heavy atom. The van der Waals surface area contributed by atoms with E-state index in [0.29, 0.717) is 11.5 Å². The van der Waals surface area contributed by atoms with Crippen LogP contribution in [-0.2, 0) is 0 Å². The van der Waals surface area contributed by atoms with Gasteiger partial charge >= 0.3 is 0 Å². The van der Waals surface area contributed by atoms with E-state index in [1.807, 2.05) is 0 Å². The number of hydrogen-bond donors (Lipinski definition) is 1. The fourth-order valence-corrected chi connectivity index (χ4v) is 3.89. The van der Waals surface area contributed by atoms with E-state index in [9.17, 15) is 0 Å².